The Hall–Kier alpha value is -1.25. The third kappa shape index (κ3) is 3.44. The lowest BCUT2D eigenvalue weighted by Gasteiger charge is -2.36. The van der Waals surface area contributed by atoms with Crippen LogP contribution in [0.25, 0.3) is 0 Å². The maximum absolute atomic E-state index is 10.7. The zero-order valence-electron chi connectivity index (χ0n) is 11.1. The average molecular weight is 346 g/mol. The van der Waals surface area contributed by atoms with Gasteiger partial charge in [0.25, 0.3) is 5.69 Å². The first-order chi connectivity index (χ1) is 9.41. The largest absolute Gasteiger partial charge is 0.388 e. The summed E-state index contributed by atoms with van der Waals surface area (Å²) in [5, 5.41) is 21.1. The second-order valence-corrected chi connectivity index (χ2v) is 5.80. The van der Waals surface area contributed by atoms with Crippen molar-refractivity contribution in [1.29, 1.82) is 0 Å². The van der Waals surface area contributed by atoms with E-state index >= 15 is 0 Å². The van der Waals surface area contributed by atoms with Gasteiger partial charge in [-0.2, -0.15) is 0 Å². The number of halogens is 1. The van der Waals surface area contributed by atoms with E-state index < -0.39 is 10.5 Å². The van der Waals surface area contributed by atoms with Gasteiger partial charge in [0.15, 0.2) is 0 Å². The van der Waals surface area contributed by atoms with Crippen LogP contribution in [0.2, 0.25) is 0 Å². The SMILES string of the molecule is CN(CC1(O)CCOCC1)c1ncc([N+](=O)[O-])cc1Br. The fourth-order valence-electron chi connectivity index (χ4n) is 2.23. The van der Waals surface area contributed by atoms with Gasteiger partial charge in [-0.3, -0.25) is 10.1 Å². The van der Waals surface area contributed by atoms with Crippen LogP contribution >= 0.6 is 15.9 Å². The molecule has 1 saturated heterocycles. The van der Waals surface area contributed by atoms with Gasteiger partial charge >= 0.3 is 0 Å². The van der Waals surface area contributed by atoms with Gasteiger partial charge in [-0.05, 0) is 15.9 Å². The Morgan fingerprint density at radius 2 is 2.25 bits per heavy atom. The highest BCUT2D eigenvalue weighted by molar-refractivity contribution is 9.10. The summed E-state index contributed by atoms with van der Waals surface area (Å²) in [7, 11) is 1.80. The van der Waals surface area contributed by atoms with E-state index in [1.165, 1.54) is 12.3 Å². The number of aliphatic hydroxyl groups is 1. The van der Waals surface area contributed by atoms with Gasteiger partial charge in [0.2, 0.25) is 0 Å². The van der Waals surface area contributed by atoms with Gasteiger partial charge in [-0.15, -0.1) is 0 Å². The molecular weight excluding hydrogens is 330 g/mol. The molecule has 0 saturated carbocycles. The minimum atomic E-state index is -0.810. The minimum absolute atomic E-state index is 0.0706. The zero-order valence-corrected chi connectivity index (χ0v) is 12.7. The number of anilines is 1. The predicted molar refractivity (Wildman–Crippen MR) is 76.9 cm³/mol. The van der Waals surface area contributed by atoms with Crippen molar-refractivity contribution >= 4 is 27.4 Å². The quantitative estimate of drug-likeness (QED) is 0.660. The van der Waals surface area contributed by atoms with Gasteiger partial charge < -0.3 is 14.7 Å². The summed E-state index contributed by atoms with van der Waals surface area (Å²) in [6, 6.07) is 1.41. The molecule has 110 valence electrons. The fourth-order valence-corrected chi connectivity index (χ4v) is 2.87. The fraction of sp³-hybridized carbons (Fsp3) is 0.583. The molecule has 1 aromatic heterocycles. The number of rotatable bonds is 4. The van der Waals surface area contributed by atoms with Gasteiger partial charge in [0, 0.05) is 45.7 Å². The smallest absolute Gasteiger partial charge is 0.288 e. The van der Waals surface area contributed by atoms with Crippen LogP contribution < -0.4 is 4.90 Å². The first-order valence-electron chi connectivity index (χ1n) is 6.22. The molecule has 0 aliphatic carbocycles. The molecule has 1 aliphatic heterocycles. The molecule has 1 aliphatic rings. The van der Waals surface area contributed by atoms with E-state index in [1.807, 2.05) is 0 Å². The van der Waals surface area contributed by atoms with Crippen molar-refractivity contribution in [2.24, 2.45) is 0 Å². The number of hydrogen-bond acceptors (Lipinski definition) is 6. The van der Waals surface area contributed by atoms with Gasteiger partial charge in [-0.25, -0.2) is 4.98 Å². The van der Waals surface area contributed by atoms with E-state index in [9.17, 15) is 15.2 Å². The van der Waals surface area contributed by atoms with E-state index in [0.29, 0.717) is 42.9 Å². The molecule has 7 nitrogen and oxygen atoms in total. The van der Waals surface area contributed by atoms with Gasteiger partial charge in [-0.1, -0.05) is 0 Å². The third-order valence-corrected chi connectivity index (χ3v) is 3.92. The van der Waals surface area contributed by atoms with E-state index in [0.717, 1.165) is 0 Å². The van der Waals surface area contributed by atoms with Crippen LogP contribution in [0.3, 0.4) is 0 Å². The lowest BCUT2D eigenvalue weighted by Crippen LogP contribution is -2.46. The molecule has 0 radical (unpaired) electrons. The minimum Gasteiger partial charge on any atom is -0.388 e. The Balaban J connectivity index is 2.12. The Morgan fingerprint density at radius 3 is 2.80 bits per heavy atom. The second kappa shape index (κ2) is 6.02. The van der Waals surface area contributed by atoms with Crippen molar-refractivity contribution in [3.05, 3.63) is 26.9 Å². The van der Waals surface area contributed by atoms with E-state index in [2.05, 4.69) is 20.9 Å². The highest BCUT2D eigenvalue weighted by Gasteiger charge is 2.32. The van der Waals surface area contributed by atoms with Gasteiger partial charge in [0.05, 0.1) is 15.0 Å². The summed E-state index contributed by atoms with van der Waals surface area (Å²) in [5.74, 6) is 0.565. The molecule has 0 bridgehead atoms. The van der Waals surface area contributed by atoms with Crippen LogP contribution in [0, 0.1) is 10.1 Å². The summed E-state index contributed by atoms with van der Waals surface area (Å²) in [4.78, 5) is 16.1. The Bertz CT molecular complexity index is 505. The lowest BCUT2D eigenvalue weighted by molar-refractivity contribution is -0.385. The zero-order chi connectivity index (χ0) is 14.8. The Morgan fingerprint density at radius 1 is 1.60 bits per heavy atom. The molecule has 20 heavy (non-hydrogen) atoms. The maximum atomic E-state index is 10.7. The maximum Gasteiger partial charge on any atom is 0.288 e. The normalized spacial score (nSPS) is 17.8. The van der Waals surface area contributed by atoms with E-state index in [-0.39, 0.29) is 5.69 Å². The van der Waals surface area contributed by atoms with Crippen LogP contribution in [0.5, 0.6) is 0 Å². The second-order valence-electron chi connectivity index (χ2n) is 4.95. The van der Waals surface area contributed by atoms with Crippen molar-refractivity contribution in [2.45, 2.75) is 18.4 Å². The van der Waals surface area contributed by atoms with Crippen molar-refractivity contribution in [3.8, 4) is 0 Å². The third-order valence-electron chi connectivity index (χ3n) is 3.33. The summed E-state index contributed by atoms with van der Waals surface area (Å²) in [6.45, 7) is 1.48. The van der Waals surface area contributed by atoms with Crippen molar-refractivity contribution in [1.82, 2.24) is 4.98 Å². The average Bonchev–Trinajstić information content (AvgIpc) is 2.38. The number of aromatic nitrogens is 1. The Kier molecular flexibility index (Phi) is 4.56. The molecule has 1 aromatic rings. The van der Waals surface area contributed by atoms with E-state index in [1.54, 1.807) is 11.9 Å². The van der Waals surface area contributed by atoms with Crippen LogP contribution in [-0.2, 0) is 4.74 Å². The summed E-state index contributed by atoms with van der Waals surface area (Å²) < 4.78 is 5.77. The molecular formula is C12H16BrN3O4. The molecule has 0 amide bonds. The van der Waals surface area contributed by atoms with Gasteiger partial charge in [0.1, 0.15) is 12.0 Å². The Labute approximate surface area is 124 Å². The molecule has 1 fully saturated rings. The monoisotopic (exact) mass is 345 g/mol. The number of likely N-dealkylation sites (N-methyl/N-ethyl adjacent to an activating group) is 1. The highest BCUT2D eigenvalue weighted by atomic mass is 79.9. The van der Waals surface area contributed by atoms with Crippen LogP contribution in [0.4, 0.5) is 11.5 Å². The summed E-state index contributed by atoms with van der Waals surface area (Å²) >= 11 is 3.28. The lowest BCUT2D eigenvalue weighted by atomic mass is 9.94. The first kappa shape index (κ1) is 15.1. The molecule has 2 heterocycles. The predicted octanol–water partition coefficient (Wildman–Crippen LogP) is 1.73. The molecule has 0 spiro atoms. The molecule has 0 aromatic carbocycles. The number of pyridine rings is 1. The molecule has 2 rings (SSSR count). The van der Waals surface area contributed by atoms with Crippen LogP contribution in [0.1, 0.15) is 12.8 Å². The molecule has 0 atom stereocenters. The standard InChI is InChI=1S/C12H16BrN3O4/c1-15(8-12(17)2-4-20-5-3-12)11-10(13)6-9(7-14-11)16(18)19/h6-7,17H,2-5,8H2,1H3. The topological polar surface area (TPSA) is 88.7 Å². The number of hydrogen-bond donors (Lipinski definition) is 1. The number of ether oxygens (including phenoxy) is 1. The highest BCUT2D eigenvalue weighted by Crippen LogP contribution is 2.29. The van der Waals surface area contributed by atoms with E-state index in [4.69, 9.17) is 4.74 Å². The molecule has 1 N–H and O–H groups in total. The molecule has 0 unspecified atom stereocenters. The van der Waals surface area contributed by atoms with Crippen molar-refractivity contribution in [3.63, 3.8) is 0 Å². The summed E-state index contributed by atoms with van der Waals surface area (Å²) in [6.07, 6.45) is 2.36. The first-order valence-corrected chi connectivity index (χ1v) is 7.02. The molecule has 8 heteroatoms. The van der Waals surface area contributed by atoms with Crippen LogP contribution in [-0.4, -0.2) is 47.4 Å². The number of nitro groups is 1. The van der Waals surface area contributed by atoms with Crippen LogP contribution in [0.15, 0.2) is 16.7 Å². The summed E-state index contributed by atoms with van der Waals surface area (Å²) in [5.41, 5.74) is -0.880. The van der Waals surface area contributed by atoms with Crippen molar-refractivity contribution < 1.29 is 14.8 Å². The number of nitrogens with zero attached hydrogens (tertiary/aromatic N) is 3. The van der Waals surface area contributed by atoms with Crippen molar-refractivity contribution in [2.75, 3.05) is 31.7 Å².